The number of aryl methyl sites for hydroxylation is 1. The van der Waals surface area contributed by atoms with Gasteiger partial charge in [0.2, 0.25) is 0 Å². The largest absolute Gasteiger partial charge is 0.508 e. The molecule has 5 heteroatoms. The Labute approximate surface area is 113 Å². The molecule has 2 N–H and O–H groups in total. The summed E-state index contributed by atoms with van der Waals surface area (Å²) in [4.78, 5) is 0. The molecule has 0 amide bonds. The van der Waals surface area contributed by atoms with Gasteiger partial charge in [-0.05, 0) is 12.5 Å². The van der Waals surface area contributed by atoms with E-state index in [0.29, 0.717) is 5.75 Å². The van der Waals surface area contributed by atoms with E-state index in [9.17, 15) is 5.11 Å². The number of aromatic hydroxyl groups is 1. The van der Waals surface area contributed by atoms with E-state index in [4.69, 9.17) is 0 Å². The van der Waals surface area contributed by atoms with Crippen molar-refractivity contribution >= 4 is 0 Å². The van der Waals surface area contributed by atoms with E-state index in [1.54, 1.807) is 12.4 Å². The van der Waals surface area contributed by atoms with Gasteiger partial charge < -0.3 is 15.0 Å². The number of nitrogens with zero attached hydrogens (tertiary/aromatic N) is 3. The second kappa shape index (κ2) is 6.33. The molecule has 1 unspecified atom stereocenters. The molecule has 0 spiro atoms. The number of hydrogen-bond donors (Lipinski definition) is 2. The zero-order valence-corrected chi connectivity index (χ0v) is 11.4. The number of phenolic OH excluding ortho intramolecular Hbond substituents is 1. The molecule has 0 saturated heterocycles. The molecular weight excluding hydrogens is 240 g/mol. The van der Waals surface area contributed by atoms with E-state index in [1.807, 2.05) is 29.8 Å². The van der Waals surface area contributed by atoms with Gasteiger partial charge in [-0.1, -0.05) is 25.1 Å². The Balaban J connectivity index is 1.93. The monoisotopic (exact) mass is 260 g/mol. The summed E-state index contributed by atoms with van der Waals surface area (Å²) in [6.07, 6.45) is 3.45. The Bertz CT molecular complexity index is 524. The van der Waals surface area contributed by atoms with Crippen molar-refractivity contribution in [3.05, 3.63) is 42.0 Å². The zero-order chi connectivity index (χ0) is 13.7. The van der Waals surface area contributed by atoms with Gasteiger partial charge in [-0.25, -0.2) is 0 Å². The number of phenols is 1. The quantitative estimate of drug-likeness (QED) is 0.831. The molecule has 1 aromatic carbocycles. The first kappa shape index (κ1) is 13.5. The molecule has 5 nitrogen and oxygen atoms in total. The van der Waals surface area contributed by atoms with Crippen LogP contribution in [0, 0.1) is 0 Å². The van der Waals surface area contributed by atoms with Crippen LogP contribution in [0.4, 0.5) is 0 Å². The van der Waals surface area contributed by atoms with E-state index in [2.05, 4.69) is 22.4 Å². The van der Waals surface area contributed by atoms with Crippen LogP contribution in [0.5, 0.6) is 5.75 Å². The van der Waals surface area contributed by atoms with Gasteiger partial charge in [0.25, 0.3) is 0 Å². The summed E-state index contributed by atoms with van der Waals surface area (Å²) < 4.78 is 1.92. The minimum atomic E-state index is 0.162. The van der Waals surface area contributed by atoms with Crippen LogP contribution in [0.3, 0.4) is 0 Å². The summed E-state index contributed by atoms with van der Waals surface area (Å²) in [7, 11) is 1.94. The van der Waals surface area contributed by atoms with Crippen molar-refractivity contribution in [2.24, 2.45) is 7.05 Å². The molecule has 1 atom stereocenters. The molecule has 0 aliphatic rings. The van der Waals surface area contributed by atoms with Crippen LogP contribution in [0.25, 0.3) is 0 Å². The van der Waals surface area contributed by atoms with Gasteiger partial charge in [0.1, 0.15) is 17.9 Å². The number of para-hydroxylation sites is 1. The number of benzene rings is 1. The number of nitrogens with one attached hydrogen (secondary N) is 1. The van der Waals surface area contributed by atoms with Crippen LogP contribution in [-0.2, 0) is 13.5 Å². The van der Waals surface area contributed by atoms with E-state index in [1.165, 1.54) is 0 Å². The molecule has 0 saturated carbocycles. The van der Waals surface area contributed by atoms with Gasteiger partial charge in [-0.2, -0.15) is 0 Å². The molecule has 0 radical (unpaired) electrons. The van der Waals surface area contributed by atoms with Crippen LogP contribution in [0.15, 0.2) is 30.6 Å². The molecule has 0 aliphatic carbocycles. The Kier molecular flexibility index (Phi) is 4.52. The first-order valence-electron chi connectivity index (χ1n) is 6.56. The van der Waals surface area contributed by atoms with E-state index >= 15 is 0 Å². The van der Waals surface area contributed by atoms with Crippen molar-refractivity contribution in [2.45, 2.75) is 25.8 Å². The van der Waals surface area contributed by atoms with E-state index in [-0.39, 0.29) is 6.04 Å². The van der Waals surface area contributed by atoms with Crippen LogP contribution in [-0.4, -0.2) is 26.4 Å². The third-order valence-electron chi connectivity index (χ3n) is 3.26. The second-order valence-corrected chi connectivity index (χ2v) is 4.58. The van der Waals surface area contributed by atoms with Crippen LogP contribution >= 0.6 is 0 Å². The molecule has 1 aromatic heterocycles. The fourth-order valence-corrected chi connectivity index (χ4v) is 2.15. The Morgan fingerprint density at radius 1 is 1.37 bits per heavy atom. The second-order valence-electron chi connectivity index (χ2n) is 4.58. The molecule has 1 heterocycles. The van der Waals surface area contributed by atoms with E-state index in [0.717, 1.165) is 30.8 Å². The molecule has 102 valence electrons. The van der Waals surface area contributed by atoms with Crippen molar-refractivity contribution in [3.8, 4) is 5.75 Å². The van der Waals surface area contributed by atoms with Crippen molar-refractivity contribution in [3.63, 3.8) is 0 Å². The van der Waals surface area contributed by atoms with Crippen molar-refractivity contribution < 1.29 is 5.11 Å². The summed E-state index contributed by atoms with van der Waals surface area (Å²) in [5, 5.41) is 21.2. The van der Waals surface area contributed by atoms with Gasteiger partial charge in [0, 0.05) is 31.6 Å². The highest BCUT2D eigenvalue weighted by Gasteiger charge is 2.12. The zero-order valence-electron chi connectivity index (χ0n) is 11.4. The van der Waals surface area contributed by atoms with Gasteiger partial charge in [0.05, 0.1) is 0 Å². The maximum atomic E-state index is 9.87. The topological polar surface area (TPSA) is 63.0 Å². The third-order valence-corrected chi connectivity index (χ3v) is 3.26. The first-order chi connectivity index (χ1) is 9.22. The molecule has 0 fully saturated rings. The SMILES string of the molecule is CCC(NCCc1nncn1C)c1ccccc1O. The van der Waals surface area contributed by atoms with Gasteiger partial charge in [-0.15, -0.1) is 10.2 Å². The smallest absolute Gasteiger partial charge is 0.133 e. The van der Waals surface area contributed by atoms with Crippen LogP contribution < -0.4 is 5.32 Å². The van der Waals surface area contributed by atoms with Crippen molar-refractivity contribution in [2.75, 3.05) is 6.54 Å². The lowest BCUT2D eigenvalue weighted by Gasteiger charge is -2.18. The van der Waals surface area contributed by atoms with Crippen molar-refractivity contribution in [1.29, 1.82) is 0 Å². The summed E-state index contributed by atoms with van der Waals surface area (Å²) in [5.74, 6) is 1.31. The fraction of sp³-hybridized carbons (Fsp3) is 0.429. The molecule has 19 heavy (non-hydrogen) atoms. The third kappa shape index (κ3) is 3.32. The lowest BCUT2D eigenvalue weighted by atomic mass is 10.0. The predicted octanol–water partition coefficient (Wildman–Crippen LogP) is 1.80. The van der Waals surface area contributed by atoms with Crippen LogP contribution in [0.1, 0.15) is 30.8 Å². The summed E-state index contributed by atoms with van der Waals surface area (Å²) >= 11 is 0. The molecule has 0 bridgehead atoms. The van der Waals surface area contributed by atoms with Gasteiger partial charge in [-0.3, -0.25) is 0 Å². The summed E-state index contributed by atoms with van der Waals surface area (Å²) in [5.41, 5.74) is 0.947. The lowest BCUT2D eigenvalue weighted by Crippen LogP contribution is -2.24. The van der Waals surface area contributed by atoms with Gasteiger partial charge >= 0.3 is 0 Å². The normalized spacial score (nSPS) is 12.5. The Hall–Kier alpha value is -1.88. The molecular formula is C14H20N4O. The average Bonchev–Trinajstić information content (AvgIpc) is 2.82. The van der Waals surface area contributed by atoms with Crippen LogP contribution in [0.2, 0.25) is 0 Å². The summed E-state index contributed by atoms with van der Waals surface area (Å²) in [6, 6.07) is 7.63. The van der Waals surface area contributed by atoms with E-state index < -0.39 is 0 Å². The molecule has 0 aliphatic heterocycles. The minimum Gasteiger partial charge on any atom is -0.508 e. The highest BCUT2D eigenvalue weighted by atomic mass is 16.3. The van der Waals surface area contributed by atoms with Crippen molar-refractivity contribution in [1.82, 2.24) is 20.1 Å². The lowest BCUT2D eigenvalue weighted by molar-refractivity contribution is 0.441. The standard InChI is InChI=1S/C14H20N4O/c1-3-12(11-6-4-5-7-13(11)19)15-9-8-14-17-16-10-18(14)2/h4-7,10,12,15,19H,3,8-9H2,1-2H3. The molecule has 2 aromatic rings. The summed E-state index contributed by atoms with van der Waals surface area (Å²) in [6.45, 7) is 2.91. The minimum absolute atomic E-state index is 0.162. The maximum Gasteiger partial charge on any atom is 0.133 e. The Morgan fingerprint density at radius 2 is 2.16 bits per heavy atom. The predicted molar refractivity (Wildman–Crippen MR) is 73.8 cm³/mol. The average molecular weight is 260 g/mol. The highest BCUT2D eigenvalue weighted by molar-refractivity contribution is 5.34. The number of hydrogen-bond acceptors (Lipinski definition) is 4. The fourth-order valence-electron chi connectivity index (χ4n) is 2.15. The maximum absolute atomic E-state index is 9.87. The van der Waals surface area contributed by atoms with Gasteiger partial charge in [0.15, 0.2) is 0 Å². The Morgan fingerprint density at radius 3 is 2.79 bits per heavy atom. The number of aromatic nitrogens is 3. The molecule has 2 rings (SSSR count). The highest BCUT2D eigenvalue weighted by Crippen LogP contribution is 2.25. The first-order valence-corrected chi connectivity index (χ1v) is 6.56. The number of rotatable bonds is 6.